The molecule has 1 heterocycles. The third kappa shape index (κ3) is 3.31. The third-order valence-corrected chi connectivity index (χ3v) is 6.20. The quantitative estimate of drug-likeness (QED) is 0.647. The van der Waals surface area contributed by atoms with Crippen molar-refractivity contribution in [3.05, 3.63) is 33.3 Å². The highest BCUT2D eigenvalue weighted by Crippen LogP contribution is 2.34. The van der Waals surface area contributed by atoms with Crippen LogP contribution in [0, 0.1) is 16.0 Å². The van der Waals surface area contributed by atoms with Crippen LogP contribution in [-0.4, -0.2) is 41.3 Å². The number of sulfonamides is 1. The number of hydrogen-bond acceptors (Lipinski definition) is 5. The minimum Gasteiger partial charge on any atom is -0.481 e. The van der Waals surface area contributed by atoms with Crippen molar-refractivity contribution in [3.8, 4) is 0 Å². The molecule has 8 nitrogen and oxygen atoms in total. The standard InChI is InChI=1S/C13H15ClN2O6S/c1-8-10(13(17)18)3-2-6-15(8)23(21,22)12-7-9(14)4-5-11(12)16(19)20/h4-5,7-8,10H,2-3,6H2,1H3,(H,17,18)/t8-,10-/m1/s1. The van der Waals surface area contributed by atoms with E-state index in [0.717, 1.165) is 16.4 Å². The first-order valence-electron chi connectivity index (χ1n) is 6.85. The molecule has 0 unspecified atom stereocenters. The highest BCUT2D eigenvalue weighted by Gasteiger charge is 2.41. The van der Waals surface area contributed by atoms with Crippen LogP contribution in [0.3, 0.4) is 0 Å². The lowest BCUT2D eigenvalue weighted by atomic mass is 9.92. The molecule has 0 bridgehead atoms. The predicted molar refractivity (Wildman–Crippen MR) is 81.8 cm³/mol. The molecular formula is C13H15ClN2O6S. The van der Waals surface area contributed by atoms with Crippen LogP contribution < -0.4 is 0 Å². The Labute approximate surface area is 137 Å². The van der Waals surface area contributed by atoms with Crippen molar-refractivity contribution in [1.82, 2.24) is 4.31 Å². The summed E-state index contributed by atoms with van der Waals surface area (Å²) in [6.07, 6.45) is 0.731. The number of rotatable bonds is 4. The molecule has 1 aromatic rings. The van der Waals surface area contributed by atoms with Crippen molar-refractivity contribution in [3.63, 3.8) is 0 Å². The maximum Gasteiger partial charge on any atom is 0.308 e. The maximum atomic E-state index is 12.8. The second-order valence-corrected chi connectivity index (χ2v) is 7.61. The van der Waals surface area contributed by atoms with Crippen LogP contribution in [-0.2, 0) is 14.8 Å². The van der Waals surface area contributed by atoms with Crippen LogP contribution in [0.1, 0.15) is 19.8 Å². The van der Waals surface area contributed by atoms with E-state index in [1.165, 1.54) is 13.0 Å². The van der Waals surface area contributed by atoms with Gasteiger partial charge in [0.25, 0.3) is 5.69 Å². The van der Waals surface area contributed by atoms with Crippen molar-refractivity contribution in [1.29, 1.82) is 0 Å². The summed E-state index contributed by atoms with van der Waals surface area (Å²) >= 11 is 5.78. The highest BCUT2D eigenvalue weighted by molar-refractivity contribution is 7.89. The number of carboxylic acid groups (broad SMARTS) is 1. The molecule has 0 saturated carbocycles. The molecule has 0 aromatic heterocycles. The largest absolute Gasteiger partial charge is 0.481 e. The highest BCUT2D eigenvalue weighted by atomic mass is 35.5. The summed E-state index contributed by atoms with van der Waals surface area (Å²) in [5.74, 6) is -1.94. The Kier molecular flexibility index (Phi) is 4.92. The van der Waals surface area contributed by atoms with Crippen LogP contribution in [0.4, 0.5) is 5.69 Å². The van der Waals surface area contributed by atoms with Gasteiger partial charge in [-0.3, -0.25) is 14.9 Å². The lowest BCUT2D eigenvalue weighted by Gasteiger charge is -2.36. The monoisotopic (exact) mass is 362 g/mol. The number of nitro groups is 1. The first-order chi connectivity index (χ1) is 10.7. The van der Waals surface area contributed by atoms with Crippen molar-refractivity contribution >= 4 is 33.3 Å². The summed E-state index contributed by atoms with van der Waals surface area (Å²) in [7, 11) is -4.23. The van der Waals surface area contributed by atoms with E-state index in [0.29, 0.717) is 12.8 Å². The van der Waals surface area contributed by atoms with Gasteiger partial charge in [-0.1, -0.05) is 11.6 Å². The molecule has 1 aliphatic heterocycles. The van der Waals surface area contributed by atoms with Crippen molar-refractivity contribution in [2.24, 2.45) is 5.92 Å². The molecule has 2 rings (SSSR count). The van der Waals surface area contributed by atoms with Crippen molar-refractivity contribution in [2.75, 3.05) is 6.54 Å². The zero-order valence-electron chi connectivity index (χ0n) is 12.2. The number of halogens is 1. The molecule has 1 fully saturated rings. The fourth-order valence-electron chi connectivity index (χ4n) is 2.75. The molecule has 10 heteroatoms. The fraction of sp³-hybridized carbons (Fsp3) is 0.462. The zero-order chi connectivity index (χ0) is 17.4. The van der Waals surface area contributed by atoms with Crippen LogP contribution >= 0.6 is 11.6 Å². The number of nitrogens with zero attached hydrogens (tertiary/aromatic N) is 2. The van der Waals surface area contributed by atoms with Gasteiger partial charge in [-0.25, -0.2) is 8.42 Å². The average molecular weight is 363 g/mol. The van der Waals surface area contributed by atoms with E-state index in [1.54, 1.807) is 0 Å². The number of hydrogen-bond donors (Lipinski definition) is 1. The summed E-state index contributed by atoms with van der Waals surface area (Å²) in [5, 5.41) is 20.4. The Morgan fingerprint density at radius 2 is 2.13 bits per heavy atom. The van der Waals surface area contributed by atoms with Gasteiger partial charge in [-0.15, -0.1) is 0 Å². The number of carbonyl (C=O) groups is 1. The molecule has 23 heavy (non-hydrogen) atoms. The molecule has 126 valence electrons. The molecule has 2 atom stereocenters. The summed E-state index contributed by atoms with van der Waals surface area (Å²) in [5.41, 5.74) is -0.584. The van der Waals surface area contributed by atoms with Gasteiger partial charge in [0.2, 0.25) is 10.0 Å². The molecule has 1 N–H and O–H groups in total. The average Bonchev–Trinajstić information content (AvgIpc) is 2.46. The van der Waals surface area contributed by atoms with Gasteiger partial charge in [0.15, 0.2) is 4.90 Å². The number of benzene rings is 1. The Hall–Kier alpha value is -1.71. The van der Waals surface area contributed by atoms with Gasteiger partial charge in [0.1, 0.15) is 0 Å². The molecular weight excluding hydrogens is 348 g/mol. The molecule has 1 aliphatic rings. The Bertz CT molecular complexity index is 751. The van der Waals surface area contributed by atoms with Gasteiger partial charge in [0.05, 0.1) is 10.8 Å². The van der Waals surface area contributed by atoms with Crippen LogP contribution in [0.5, 0.6) is 0 Å². The SMILES string of the molecule is C[C@@H]1[C@H](C(=O)O)CCCN1S(=O)(=O)c1cc(Cl)ccc1[N+](=O)[O-]. The first-order valence-corrected chi connectivity index (χ1v) is 8.66. The van der Waals surface area contributed by atoms with Crippen LogP contribution in [0.25, 0.3) is 0 Å². The van der Waals surface area contributed by atoms with Crippen molar-refractivity contribution < 1.29 is 23.2 Å². The minimum absolute atomic E-state index is 0.0497. The van der Waals surface area contributed by atoms with Gasteiger partial charge < -0.3 is 5.11 Å². The summed E-state index contributed by atoms with van der Waals surface area (Å²) in [6.45, 7) is 1.60. The van der Waals surface area contributed by atoms with Gasteiger partial charge in [-0.05, 0) is 31.9 Å². The molecule has 1 aromatic carbocycles. The third-order valence-electron chi connectivity index (χ3n) is 3.95. The van der Waals surface area contributed by atoms with E-state index >= 15 is 0 Å². The fourth-order valence-corrected chi connectivity index (χ4v) is 4.88. The number of nitro benzene ring substituents is 1. The van der Waals surface area contributed by atoms with E-state index in [4.69, 9.17) is 11.6 Å². The van der Waals surface area contributed by atoms with E-state index in [9.17, 15) is 28.4 Å². The van der Waals surface area contributed by atoms with E-state index in [-0.39, 0.29) is 11.6 Å². The number of piperidine rings is 1. The Morgan fingerprint density at radius 3 is 2.70 bits per heavy atom. The normalized spacial score (nSPS) is 22.7. The smallest absolute Gasteiger partial charge is 0.308 e. The maximum absolute atomic E-state index is 12.8. The second-order valence-electron chi connectivity index (χ2n) is 5.31. The molecule has 0 amide bonds. The van der Waals surface area contributed by atoms with Gasteiger partial charge in [-0.2, -0.15) is 4.31 Å². The lowest BCUT2D eigenvalue weighted by molar-refractivity contribution is -0.387. The van der Waals surface area contributed by atoms with Crippen LogP contribution in [0.2, 0.25) is 5.02 Å². The van der Waals surface area contributed by atoms with Crippen molar-refractivity contribution in [2.45, 2.75) is 30.7 Å². The summed E-state index contributed by atoms with van der Waals surface area (Å²) < 4.78 is 26.6. The molecule has 1 saturated heterocycles. The first kappa shape index (κ1) is 17.6. The Balaban J connectivity index is 2.52. The zero-order valence-corrected chi connectivity index (χ0v) is 13.7. The second kappa shape index (κ2) is 6.42. The topological polar surface area (TPSA) is 118 Å². The van der Waals surface area contributed by atoms with Gasteiger partial charge in [0, 0.05) is 23.7 Å². The van der Waals surface area contributed by atoms with Gasteiger partial charge >= 0.3 is 5.97 Å². The van der Waals surface area contributed by atoms with E-state index in [2.05, 4.69) is 0 Å². The lowest BCUT2D eigenvalue weighted by Crippen LogP contribution is -2.49. The molecule has 0 aliphatic carbocycles. The molecule has 0 spiro atoms. The molecule has 0 radical (unpaired) electrons. The summed E-state index contributed by atoms with van der Waals surface area (Å²) in [4.78, 5) is 21.0. The minimum atomic E-state index is -4.23. The van der Waals surface area contributed by atoms with Crippen LogP contribution in [0.15, 0.2) is 23.1 Å². The number of aliphatic carboxylic acids is 1. The number of carboxylic acids is 1. The van der Waals surface area contributed by atoms with E-state index in [1.807, 2.05) is 0 Å². The predicted octanol–water partition coefficient (Wildman–Crippen LogP) is 2.12. The summed E-state index contributed by atoms with van der Waals surface area (Å²) in [6, 6.07) is 2.48. The van der Waals surface area contributed by atoms with E-state index < -0.39 is 43.5 Å². The Morgan fingerprint density at radius 1 is 1.48 bits per heavy atom.